The molecule has 0 aromatic heterocycles. The number of hydrogen-bond acceptors (Lipinski definition) is 6. The molecule has 0 radical (unpaired) electrons. The average molecular weight is 449 g/mol. The summed E-state index contributed by atoms with van der Waals surface area (Å²) in [5.41, 5.74) is 2.66. The summed E-state index contributed by atoms with van der Waals surface area (Å²) in [7, 11) is 1.39. The van der Waals surface area contributed by atoms with Crippen molar-refractivity contribution in [1.82, 2.24) is 4.90 Å². The molecule has 9 heteroatoms. The van der Waals surface area contributed by atoms with Crippen LogP contribution in [-0.4, -0.2) is 54.7 Å². The molecule has 0 bridgehead atoms. The van der Waals surface area contributed by atoms with Crippen molar-refractivity contribution in [2.24, 2.45) is 5.92 Å². The van der Waals surface area contributed by atoms with Crippen molar-refractivity contribution >= 4 is 41.0 Å². The molecule has 1 unspecified atom stereocenters. The molecule has 2 aliphatic rings. The van der Waals surface area contributed by atoms with Gasteiger partial charge in [0.15, 0.2) is 6.61 Å². The van der Waals surface area contributed by atoms with E-state index in [1.807, 2.05) is 31.2 Å². The number of anilines is 2. The van der Waals surface area contributed by atoms with Crippen LogP contribution in [0.15, 0.2) is 42.5 Å². The molecule has 2 heterocycles. The zero-order chi connectivity index (χ0) is 23.7. The highest BCUT2D eigenvalue weighted by molar-refractivity contribution is 6.21. The molecule has 2 aromatic rings. The highest BCUT2D eigenvalue weighted by Crippen LogP contribution is 2.27. The van der Waals surface area contributed by atoms with Gasteiger partial charge in [0.1, 0.15) is 0 Å². The molecular formula is C24H23N3O6. The maximum absolute atomic E-state index is 12.4. The van der Waals surface area contributed by atoms with Gasteiger partial charge in [-0.25, -0.2) is 0 Å². The fourth-order valence-corrected chi connectivity index (χ4v) is 3.92. The Bertz CT molecular complexity index is 1160. The zero-order valence-electron chi connectivity index (χ0n) is 18.3. The molecule has 1 fully saturated rings. The molecule has 33 heavy (non-hydrogen) atoms. The number of hydrogen-bond donors (Lipinski definition) is 1. The summed E-state index contributed by atoms with van der Waals surface area (Å²) in [6.07, 6.45) is 0.909. The van der Waals surface area contributed by atoms with E-state index in [-0.39, 0.29) is 30.0 Å². The molecule has 1 saturated heterocycles. The number of aryl methyl sites for hydroxylation is 1. The summed E-state index contributed by atoms with van der Waals surface area (Å²) in [5, 5.41) is 2.55. The molecule has 0 spiro atoms. The Morgan fingerprint density at radius 2 is 1.73 bits per heavy atom. The Kier molecular flexibility index (Phi) is 5.95. The normalized spacial score (nSPS) is 17.4. The van der Waals surface area contributed by atoms with Crippen LogP contribution in [0.3, 0.4) is 0 Å². The average Bonchev–Trinajstić information content (AvgIpc) is 3.31. The summed E-state index contributed by atoms with van der Waals surface area (Å²) in [5.74, 6) is -2.89. The lowest BCUT2D eigenvalue weighted by Gasteiger charge is -2.17. The lowest BCUT2D eigenvalue weighted by Crippen LogP contribution is -2.28. The standard InChI is InChI=1S/C24H23N3O6/c1-3-14-4-7-17(8-5-14)27-12-15(10-21(27)29)24(32)33-13-20(28)25-16-6-9-18-19(11-16)23(31)26(2)22(18)30/h4-9,11,15H,3,10,12-13H2,1-2H3,(H,25,28). The molecule has 1 N–H and O–H groups in total. The van der Waals surface area contributed by atoms with Crippen molar-refractivity contribution in [1.29, 1.82) is 0 Å². The SMILES string of the molecule is CCc1ccc(N2CC(C(=O)OCC(=O)Nc3ccc4c(c3)C(=O)N(C)C4=O)CC2=O)cc1. The van der Waals surface area contributed by atoms with Gasteiger partial charge in [-0.1, -0.05) is 19.1 Å². The Hall–Kier alpha value is -4.01. The number of fused-ring (bicyclic) bond motifs is 1. The predicted octanol–water partition coefficient (Wildman–Crippen LogP) is 2.01. The smallest absolute Gasteiger partial charge is 0.311 e. The summed E-state index contributed by atoms with van der Waals surface area (Å²) >= 11 is 0. The molecule has 1 atom stereocenters. The van der Waals surface area contributed by atoms with E-state index < -0.39 is 36.2 Å². The van der Waals surface area contributed by atoms with Crippen molar-refractivity contribution in [3.05, 3.63) is 59.2 Å². The molecule has 4 amide bonds. The minimum absolute atomic E-state index is 0.0183. The van der Waals surface area contributed by atoms with Crippen molar-refractivity contribution in [3.8, 4) is 0 Å². The Morgan fingerprint density at radius 1 is 1.03 bits per heavy atom. The molecule has 170 valence electrons. The molecular weight excluding hydrogens is 426 g/mol. The number of benzene rings is 2. The third kappa shape index (κ3) is 4.34. The topological polar surface area (TPSA) is 113 Å². The van der Waals surface area contributed by atoms with Gasteiger partial charge in [-0.15, -0.1) is 0 Å². The number of amides is 4. The molecule has 2 aromatic carbocycles. The van der Waals surface area contributed by atoms with Gasteiger partial charge in [0.25, 0.3) is 17.7 Å². The monoisotopic (exact) mass is 449 g/mol. The minimum atomic E-state index is -0.657. The quantitative estimate of drug-likeness (QED) is 0.533. The van der Waals surface area contributed by atoms with Crippen LogP contribution in [0.4, 0.5) is 11.4 Å². The van der Waals surface area contributed by atoms with Gasteiger partial charge in [-0.05, 0) is 42.3 Å². The van der Waals surface area contributed by atoms with Crippen LogP contribution in [0.25, 0.3) is 0 Å². The first-order chi connectivity index (χ1) is 15.8. The zero-order valence-corrected chi connectivity index (χ0v) is 18.3. The number of rotatable bonds is 6. The van der Waals surface area contributed by atoms with Gasteiger partial charge in [-0.3, -0.25) is 28.9 Å². The first-order valence-corrected chi connectivity index (χ1v) is 10.6. The fraction of sp³-hybridized carbons (Fsp3) is 0.292. The number of ether oxygens (including phenoxy) is 1. The van der Waals surface area contributed by atoms with Crippen molar-refractivity contribution in [3.63, 3.8) is 0 Å². The highest BCUT2D eigenvalue weighted by Gasteiger charge is 2.36. The van der Waals surface area contributed by atoms with Gasteiger partial charge < -0.3 is 15.0 Å². The van der Waals surface area contributed by atoms with Crippen LogP contribution in [0.5, 0.6) is 0 Å². The predicted molar refractivity (Wildman–Crippen MR) is 119 cm³/mol. The van der Waals surface area contributed by atoms with E-state index in [0.717, 1.165) is 22.6 Å². The summed E-state index contributed by atoms with van der Waals surface area (Å²) in [4.78, 5) is 63.6. The van der Waals surface area contributed by atoms with Crippen LogP contribution < -0.4 is 10.2 Å². The Labute approximate surface area is 190 Å². The van der Waals surface area contributed by atoms with Gasteiger partial charge in [0.2, 0.25) is 5.91 Å². The van der Waals surface area contributed by atoms with Crippen molar-refractivity contribution < 1.29 is 28.7 Å². The van der Waals surface area contributed by atoms with E-state index in [4.69, 9.17) is 4.74 Å². The minimum Gasteiger partial charge on any atom is -0.455 e. The van der Waals surface area contributed by atoms with Crippen LogP contribution in [0.1, 0.15) is 39.6 Å². The number of imide groups is 1. The van der Waals surface area contributed by atoms with Crippen LogP contribution in [0.2, 0.25) is 0 Å². The second-order valence-electron chi connectivity index (χ2n) is 8.01. The molecule has 9 nitrogen and oxygen atoms in total. The van der Waals surface area contributed by atoms with E-state index in [0.29, 0.717) is 5.69 Å². The third-order valence-corrected chi connectivity index (χ3v) is 5.83. The Balaban J connectivity index is 1.31. The van der Waals surface area contributed by atoms with Crippen LogP contribution >= 0.6 is 0 Å². The first-order valence-electron chi connectivity index (χ1n) is 10.6. The number of nitrogens with one attached hydrogen (secondary N) is 1. The fourth-order valence-electron chi connectivity index (χ4n) is 3.92. The first kappa shape index (κ1) is 22.2. The van der Waals surface area contributed by atoms with Gasteiger partial charge in [0, 0.05) is 31.4 Å². The maximum Gasteiger partial charge on any atom is 0.311 e. The van der Waals surface area contributed by atoms with Gasteiger partial charge in [0.05, 0.1) is 17.0 Å². The number of esters is 1. The molecule has 4 rings (SSSR count). The van der Waals surface area contributed by atoms with E-state index in [2.05, 4.69) is 5.32 Å². The molecule has 0 saturated carbocycles. The van der Waals surface area contributed by atoms with Gasteiger partial charge in [-0.2, -0.15) is 0 Å². The Morgan fingerprint density at radius 3 is 2.42 bits per heavy atom. The van der Waals surface area contributed by atoms with Crippen molar-refractivity contribution in [2.75, 3.05) is 30.4 Å². The summed E-state index contributed by atoms with van der Waals surface area (Å²) in [6.45, 7) is 1.71. The largest absolute Gasteiger partial charge is 0.455 e. The summed E-state index contributed by atoms with van der Waals surface area (Å²) < 4.78 is 5.12. The van der Waals surface area contributed by atoms with E-state index >= 15 is 0 Å². The summed E-state index contributed by atoms with van der Waals surface area (Å²) in [6, 6.07) is 12.0. The number of carbonyl (C=O) groups excluding carboxylic acids is 5. The van der Waals surface area contributed by atoms with Crippen LogP contribution in [-0.2, 0) is 25.5 Å². The second kappa shape index (κ2) is 8.85. The molecule has 2 aliphatic heterocycles. The second-order valence-corrected chi connectivity index (χ2v) is 8.01. The molecule has 0 aliphatic carbocycles. The van der Waals surface area contributed by atoms with E-state index in [1.54, 1.807) is 4.90 Å². The number of carbonyl (C=O) groups is 5. The maximum atomic E-state index is 12.4. The lowest BCUT2D eigenvalue weighted by atomic mass is 10.1. The van der Waals surface area contributed by atoms with Gasteiger partial charge >= 0.3 is 5.97 Å². The number of nitrogens with zero attached hydrogens (tertiary/aromatic N) is 2. The van der Waals surface area contributed by atoms with E-state index in [9.17, 15) is 24.0 Å². The highest BCUT2D eigenvalue weighted by atomic mass is 16.5. The third-order valence-electron chi connectivity index (χ3n) is 5.83. The lowest BCUT2D eigenvalue weighted by molar-refractivity contribution is -0.151. The van der Waals surface area contributed by atoms with E-state index in [1.165, 1.54) is 25.2 Å². The van der Waals surface area contributed by atoms with Crippen LogP contribution in [0, 0.1) is 5.92 Å². The van der Waals surface area contributed by atoms with Crippen molar-refractivity contribution in [2.45, 2.75) is 19.8 Å².